The third kappa shape index (κ3) is 3.67. The molecule has 1 rings (SSSR count). The van der Waals surface area contributed by atoms with E-state index < -0.39 is 0 Å². The minimum atomic E-state index is -0.124. The molecule has 17 heavy (non-hydrogen) atoms. The van der Waals surface area contributed by atoms with Gasteiger partial charge in [-0.3, -0.25) is 0 Å². The molecule has 4 heteroatoms. The molecule has 0 saturated heterocycles. The summed E-state index contributed by atoms with van der Waals surface area (Å²) in [6.45, 7) is 4.27. The number of hydrogen-bond donors (Lipinski definition) is 0. The van der Waals surface area contributed by atoms with Gasteiger partial charge >= 0.3 is 0 Å². The van der Waals surface area contributed by atoms with Crippen LogP contribution in [-0.4, -0.2) is 11.8 Å². The predicted molar refractivity (Wildman–Crippen MR) is 78.9 cm³/mol. The van der Waals surface area contributed by atoms with E-state index in [1.807, 2.05) is 12.1 Å². The molecule has 0 bridgehead atoms. The van der Waals surface area contributed by atoms with Gasteiger partial charge < -0.3 is 0 Å². The Morgan fingerprint density at radius 3 is 2.12 bits per heavy atom. The van der Waals surface area contributed by atoms with Crippen molar-refractivity contribution in [1.82, 2.24) is 0 Å². The number of alkyl halides is 2. The summed E-state index contributed by atoms with van der Waals surface area (Å²) >= 11 is 24.3. The molecule has 96 valence electrons. The molecule has 0 fully saturated rings. The van der Waals surface area contributed by atoms with Crippen molar-refractivity contribution in [3.8, 4) is 0 Å². The van der Waals surface area contributed by atoms with E-state index in [4.69, 9.17) is 46.4 Å². The van der Waals surface area contributed by atoms with Crippen LogP contribution in [0.2, 0.25) is 10.0 Å². The summed E-state index contributed by atoms with van der Waals surface area (Å²) in [4.78, 5) is 0. The maximum Gasteiger partial charge on any atom is 0.0453 e. The molecular weight excluding hydrogens is 298 g/mol. The molecule has 0 saturated carbocycles. The first-order chi connectivity index (χ1) is 7.95. The number of rotatable bonds is 5. The summed E-state index contributed by atoms with van der Waals surface area (Å²) in [7, 11) is 0. The smallest absolute Gasteiger partial charge is 0.0453 e. The van der Waals surface area contributed by atoms with Crippen LogP contribution in [0.25, 0.3) is 0 Å². The molecule has 0 radical (unpaired) electrons. The van der Waals surface area contributed by atoms with Crippen LogP contribution in [0.4, 0.5) is 0 Å². The van der Waals surface area contributed by atoms with Gasteiger partial charge in [-0.25, -0.2) is 0 Å². The number of benzene rings is 1. The van der Waals surface area contributed by atoms with E-state index in [1.54, 1.807) is 6.07 Å². The highest BCUT2D eigenvalue weighted by Gasteiger charge is 2.33. The van der Waals surface area contributed by atoms with Crippen LogP contribution in [0.5, 0.6) is 0 Å². The first-order valence-electron chi connectivity index (χ1n) is 5.51. The molecule has 0 N–H and O–H groups in total. The maximum absolute atomic E-state index is 6.18. The van der Waals surface area contributed by atoms with Crippen LogP contribution in [0.3, 0.4) is 0 Å². The minimum Gasteiger partial charge on any atom is -0.126 e. The molecule has 1 aromatic carbocycles. The molecule has 0 atom stereocenters. The number of halogens is 4. The summed E-state index contributed by atoms with van der Waals surface area (Å²) in [5, 5.41) is 1.32. The van der Waals surface area contributed by atoms with Crippen LogP contribution >= 0.6 is 46.4 Å². The average Bonchev–Trinajstić information content (AvgIpc) is 2.28. The van der Waals surface area contributed by atoms with Gasteiger partial charge in [0.1, 0.15) is 0 Å². The lowest BCUT2D eigenvalue weighted by Crippen LogP contribution is -2.34. The van der Waals surface area contributed by atoms with E-state index in [9.17, 15) is 0 Å². The fourth-order valence-electron chi connectivity index (χ4n) is 1.69. The first-order valence-corrected chi connectivity index (χ1v) is 7.33. The average molecular weight is 314 g/mol. The van der Waals surface area contributed by atoms with Crippen molar-refractivity contribution < 1.29 is 0 Å². The fraction of sp³-hybridized carbons (Fsp3) is 0.538. The highest BCUT2D eigenvalue weighted by molar-refractivity contribution is 6.35. The molecule has 0 spiro atoms. The van der Waals surface area contributed by atoms with E-state index in [2.05, 4.69) is 13.8 Å². The van der Waals surface area contributed by atoms with Crippen molar-refractivity contribution in [3.05, 3.63) is 33.8 Å². The van der Waals surface area contributed by atoms with Gasteiger partial charge in [-0.1, -0.05) is 43.1 Å². The summed E-state index contributed by atoms with van der Waals surface area (Å²) in [6, 6.07) is 5.54. The van der Waals surface area contributed by atoms with Gasteiger partial charge in [-0.2, -0.15) is 0 Å². The Bertz CT molecular complexity index is 370. The van der Waals surface area contributed by atoms with Crippen LogP contribution in [0, 0.1) is 11.3 Å². The second-order valence-corrected chi connectivity index (χ2v) is 6.08. The Kier molecular flexibility index (Phi) is 5.92. The Labute approximate surface area is 123 Å². The van der Waals surface area contributed by atoms with Crippen LogP contribution < -0.4 is 0 Å². The topological polar surface area (TPSA) is 0 Å². The Morgan fingerprint density at radius 1 is 1.12 bits per heavy atom. The van der Waals surface area contributed by atoms with E-state index >= 15 is 0 Å². The van der Waals surface area contributed by atoms with Gasteiger partial charge in [-0.05, 0) is 30.0 Å². The largest absolute Gasteiger partial charge is 0.126 e. The van der Waals surface area contributed by atoms with Crippen LogP contribution in [0.1, 0.15) is 19.4 Å². The van der Waals surface area contributed by atoms with Crippen molar-refractivity contribution in [3.63, 3.8) is 0 Å². The van der Waals surface area contributed by atoms with Crippen molar-refractivity contribution in [2.24, 2.45) is 11.3 Å². The lowest BCUT2D eigenvalue weighted by atomic mass is 9.76. The fourth-order valence-corrected chi connectivity index (χ4v) is 3.25. The third-order valence-corrected chi connectivity index (χ3v) is 4.97. The van der Waals surface area contributed by atoms with E-state index in [-0.39, 0.29) is 5.41 Å². The van der Waals surface area contributed by atoms with E-state index in [0.29, 0.717) is 27.7 Å². The van der Waals surface area contributed by atoms with Gasteiger partial charge in [0.15, 0.2) is 0 Å². The normalized spacial score (nSPS) is 12.2. The number of hydrogen-bond acceptors (Lipinski definition) is 0. The second-order valence-electron chi connectivity index (χ2n) is 4.70. The Balaban J connectivity index is 3.01. The monoisotopic (exact) mass is 312 g/mol. The lowest BCUT2D eigenvalue weighted by molar-refractivity contribution is 0.259. The minimum absolute atomic E-state index is 0.124. The van der Waals surface area contributed by atoms with Gasteiger partial charge in [0, 0.05) is 27.2 Å². The molecule has 1 aromatic rings. The van der Waals surface area contributed by atoms with Crippen LogP contribution in [-0.2, 0) is 6.42 Å². The highest BCUT2D eigenvalue weighted by Crippen LogP contribution is 2.37. The summed E-state index contributed by atoms with van der Waals surface area (Å²) in [5.41, 5.74) is 0.923. The maximum atomic E-state index is 6.18. The zero-order valence-corrected chi connectivity index (χ0v) is 13.0. The summed E-state index contributed by atoms with van der Waals surface area (Å²) in [5.74, 6) is 1.43. The second kappa shape index (κ2) is 6.52. The van der Waals surface area contributed by atoms with Gasteiger partial charge in [0.25, 0.3) is 0 Å². The molecule has 0 unspecified atom stereocenters. The van der Waals surface area contributed by atoms with Crippen molar-refractivity contribution in [2.75, 3.05) is 11.8 Å². The summed E-state index contributed by atoms with van der Waals surface area (Å²) < 4.78 is 0. The van der Waals surface area contributed by atoms with Crippen molar-refractivity contribution in [1.29, 1.82) is 0 Å². The van der Waals surface area contributed by atoms with Gasteiger partial charge in [-0.15, -0.1) is 23.2 Å². The van der Waals surface area contributed by atoms with Crippen LogP contribution in [0.15, 0.2) is 18.2 Å². The SMILES string of the molecule is CC(C)C(CCl)(CCl)Cc1ccc(Cl)cc1Cl. The third-order valence-electron chi connectivity index (χ3n) is 3.31. The molecule has 0 aliphatic heterocycles. The van der Waals surface area contributed by atoms with Crippen molar-refractivity contribution >= 4 is 46.4 Å². The Morgan fingerprint density at radius 2 is 1.71 bits per heavy atom. The quantitative estimate of drug-likeness (QED) is 0.616. The zero-order chi connectivity index (χ0) is 13.1. The predicted octanol–water partition coefficient (Wildman–Crippen LogP) is 5.66. The summed E-state index contributed by atoms with van der Waals surface area (Å²) in [6.07, 6.45) is 0.771. The van der Waals surface area contributed by atoms with Gasteiger partial charge in [0.2, 0.25) is 0 Å². The lowest BCUT2D eigenvalue weighted by Gasteiger charge is -2.34. The van der Waals surface area contributed by atoms with E-state index in [1.165, 1.54) is 0 Å². The Hall–Kier alpha value is 0.380. The molecule has 0 aliphatic carbocycles. The highest BCUT2D eigenvalue weighted by atomic mass is 35.5. The first kappa shape index (κ1) is 15.4. The molecule has 0 nitrogen and oxygen atoms in total. The standard InChI is InChI=1S/C13H16Cl4/c1-9(2)13(7-14,8-15)6-10-3-4-11(16)5-12(10)17/h3-5,9H,6-8H2,1-2H3. The molecule has 0 heterocycles. The molecular formula is C13H16Cl4. The van der Waals surface area contributed by atoms with E-state index in [0.717, 1.165) is 12.0 Å². The molecule has 0 aromatic heterocycles. The molecule has 0 amide bonds. The van der Waals surface area contributed by atoms with Crippen molar-refractivity contribution in [2.45, 2.75) is 20.3 Å². The zero-order valence-electron chi connectivity index (χ0n) is 9.94. The molecule has 0 aliphatic rings. The van der Waals surface area contributed by atoms with Gasteiger partial charge in [0.05, 0.1) is 0 Å².